The average Bonchev–Trinajstić information content (AvgIpc) is 2.43. The van der Waals surface area contributed by atoms with Gasteiger partial charge in [0.15, 0.2) is 0 Å². The van der Waals surface area contributed by atoms with E-state index in [4.69, 9.17) is 5.73 Å². The third-order valence-electron chi connectivity index (χ3n) is 2.74. The molecule has 6 heteroatoms. The van der Waals surface area contributed by atoms with E-state index < -0.39 is 0 Å². The van der Waals surface area contributed by atoms with E-state index in [9.17, 15) is 9.18 Å². The standard InChI is InChI=1S/C14H13BrFN3O/c15-10-7-12(13(17)19-8-10)14(20)18-6-5-9-1-3-11(16)4-2-9/h1-4,7-8H,5-6H2,(H2,17,19)(H,18,20). The Morgan fingerprint density at radius 2 is 2.05 bits per heavy atom. The Morgan fingerprint density at radius 1 is 1.35 bits per heavy atom. The molecule has 2 rings (SSSR count). The highest BCUT2D eigenvalue weighted by Gasteiger charge is 2.10. The topological polar surface area (TPSA) is 68.0 Å². The number of pyridine rings is 1. The Hall–Kier alpha value is -1.95. The van der Waals surface area contributed by atoms with Crippen LogP contribution in [0.4, 0.5) is 10.2 Å². The largest absolute Gasteiger partial charge is 0.383 e. The maximum atomic E-state index is 12.7. The fourth-order valence-corrected chi connectivity index (χ4v) is 2.03. The number of halogens is 2. The molecular formula is C14H13BrFN3O. The number of rotatable bonds is 4. The monoisotopic (exact) mass is 337 g/mol. The number of carbonyl (C=O) groups excluding carboxylic acids is 1. The predicted octanol–water partition coefficient (Wildman–Crippen LogP) is 2.54. The van der Waals surface area contributed by atoms with E-state index in [1.54, 1.807) is 18.2 Å². The molecule has 1 amide bonds. The van der Waals surface area contributed by atoms with Crippen LogP contribution in [0.15, 0.2) is 41.0 Å². The Morgan fingerprint density at radius 3 is 2.75 bits per heavy atom. The van der Waals surface area contributed by atoms with Crippen molar-refractivity contribution in [2.45, 2.75) is 6.42 Å². The lowest BCUT2D eigenvalue weighted by molar-refractivity contribution is 0.0954. The van der Waals surface area contributed by atoms with Crippen LogP contribution in [0.25, 0.3) is 0 Å². The molecule has 0 bridgehead atoms. The first-order valence-corrected chi connectivity index (χ1v) is 6.79. The van der Waals surface area contributed by atoms with Gasteiger partial charge in [0.1, 0.15) is 11.6 Å². The lowest BCUT2D eigenvalue weighted by atomic mass is 10.1. The highest BCUT2D eigenvalue weighted by Crippen LogP contribution is 2.15. The van der Waals surface area contributed by atoms with E-state index in [0.717, 1.165) is 5.56 Å². The molecule has 0 radical (unpaired) electrons. The number of hydrogen-bond acceptors (Lipinski definition) is 3. The lowest BCUT2D eigenvalue weighted by Crippen LogP contribution is -2.26. The van der Waals surface area contributed by atoms with E-state index in [0.29, 0.717) is 23.0 Å². The van der Waals surface area contributed by atoms with Gasteiger partial charge in [0.25, 0.3) is 5.91 Å². The number of nitrogens with two attached hydrogens (primary N) is 1. The SMILES string of the molecule is Nc1ncc(Br)cc1C(=O)NCCc1ccc(F)cc1. The first-order valence-electron chi connectivity index (χ1n) is 6.00. The molecular weight excluding hydrogens is 325 g/mol. The summed E-state index contributed by atoms with van der Waals surface area (Å²) in [5.74, 6) is -0.364. The van der Waals surface area contributed by atoms with E-state index in [1.807, 2.05) is 0 Å². The summed E-state index contributed by atoms with van der Waals surface area (Å²) in [6, 6.07) is 7.79. The van der Waals surface area contributed by atoms with E-state index >= 15 is 0 Å². The van der Waals surface area contributed by atoms with Crippen LogP contribution in [0.5, 0.6) is 0 Å². The molecule has 1 aromatic carbocycles. The molecule has 3 N–H and O–H groups in total. The number of amides is 1. The van der Waals surface area contributed by atoms with Gasteiger partial charge in [-0.05, 0) is 46.1 Å². The predicted molar refractivity (Wildman–Crippen MR) is 78.8 cm³/mol. The summed E-state index contributed by atoms with van der Waals surface area (Å²) in [5, 5.41) is 2.76. The zero-order valence-corrected chi connectivity index (χ0v) is 12.2. The van der Waals surface area contributed by atoms with Gasteiger partial charge >= 0.3 is 0 Å². The lowest BCUT2D eigenvalue weighted by Gasteiger charge is -2.07. The third-order valence-corrected chi connectivity index (χ3v) is 3.18. The van der Waals surface area contributed by atoms with Crippen molar-refractivity contribution in [3.63, 3.8) is 0 Å². The molecule has 0 aliphatic heterocycles. The summed E-state index contributed by atoms with van der Waals surface area (Å²) >= 11 is 3.24. The van der Waals surface area contributed by atoms with Crippen molar-refractivity contribution < 1.29 is 9.18 Å². The molecule has 0 atom stereocenters. The maximum absolute atomic E-state index is 12.7. The summed E-state index contributed by atoms with van der Waals surface area (Å²) in [7, 11) is 0. The minimum atomic E-state index is -0.279. The first-order chi connectivity index (χ1) is 9.56. The Labute approximate surface area is 124 Å². The Kier molecular flexibility index (Phi) is 4.68. The number of nitrogen functional groups attached to an aromatic ring is 1. The second-order valence-electron chi connectivity index (χ2n) is 4.22. The molecule has 1 aromatic heterocycles. The second kappa shape index (κ2) is 6.47. The molecule has 0 saturated heterocycles. The summed E-state index contributed by atoms with van der Waals surface area (Å²) < 4.78 is 13.4. The van der Waals surface area contributed by atoms with Crippen LogP contribution in [-0.4, -0.2) is 17.4 Å². The van der Waals surface area contributed by atoms with Gasteiger partial charge in [-0.15, -0.1) is 0 Å². The highest BCUT2D eigenvalue weighted by atomic mass is 79.9. The van der Waals surface area contributed by atoms with E-state index in [1.165, 1.54) is 18.3 Å². The van der Waals surface area contributed by atoms with Gasteiger partial charge < -0.3 is 11.1 Å². The average molecular weight is 338 g/mol. The summed E-state index contributed by atoms with van der Waals surface area (Å²) in [4.78, 5) is 15.9. The molecule has 0 saturated carbocycles. The van der Waals surface area contributed by atoms with Crippen LogP contribution >= 0.6 is 15.9 Å². The normalized spacial score (nSPS) is 10.3. The zero-order valence-electron chi connectivity index (χ0n) is 10.6. The van der Waals surface area contributed by atoms with Crippen molar-refractivity contribution in [3.05, 3.63) is 57.9 Å². The van der Waals surface area contributed by atoms with Crippen LogP contribution in [0.3, 0.4) is 0 Å². The van der Waals surface area contributed by atoms with Gasteiger partial charge in [0.2, 0.25) is 0 Å². The van der Waals surface area contributed by atoms with E-state index in [-0.39, 0.29) is 17.5 Å². The molecule has 0 aliphatic rings. The Balaban J connectivity index is 1.92. The van der Waals surface area contributed by atoms with Crippen molar-refractivity contribution in [1.82, 2.24) is 10.3 Å². The number of hydrogen-bond donors (Lipinski definition) is 2. The quantitative estimate of drug-likeness (QED) is 0.900. The summed E-state index contributed by atoms with van der Waals surface area (Å²) in [6.45, 7) is 0.441. The molecule has 104 valence electrons. The fourth-order valence-electron chi connectivity index (χ4n) is 1.70. The molecule has 0 spiro atoms. The Bertz CT molecular complexity index is 616. The number of nitrogens with one attached hydrogen (secondary N) is 1. The molecule has 1 heterocycles. The van der Waals surface area contributed by atoms with E-state index in [2.05, 4.69) is 26.2 Å². The van der Waals surface area contributed by atoms with Gasteiger partial charge in [-0.2, -0.15) is 0 Å². The van der Waals surface area contributed by atoms with Gasteiger partial charge in [-0.1, -0.05) is 12.1 Å². The molecule has 2 aromatic rings. The molecule has 0 aliphatic carbocycles. The summed E-state index contributed by atoms with van der Waals surface area (Å²) in [6.07, 6.45) is 2.15. The van der Waals surface area contributed by atoms with Crippen LogP contribution in [-0.2, 0) is 6.42 Å². The smallest absolute Gasteiger partial charge is 0.255 e. The third kappa shape index (κ3) is 3.77. The minimum Gasteiger partial charge on any atom is -0.383 e. The van der Waals surface area contributed by atoms with Gasteiger partial charge in [-0.25, -0.2) is 9.37 Å². The van der Waals surface area contributed by atoms with Crippen molar-refractivity contribution in [2.24, 2.45) is 0 Å². The van der Waals surface area contributed by atoms with Crippen LogP contribution in [0, 0.1) is 5.82 Å². The highest BCUT2D eigenvalue weighted by molar-refractivity contribution is 9.10. The number of carbonyl (C=O) groups is 1. The van der Waals surface area contributed by atoms with Crippen LogP contribution < -0.4 is 11.1 Å². The van der Waals surface area contributed by atoms with Gasteiger partial charge in [0.05, 0.1) is 5.56 Å². The van der Waals surface area contributed by atoms with Crippen LogP contribution in [0.1, 0.15) is 15.9 Å². The van der Waals surface area contributed by atoms with Crippen molar-refractivity contribution in [2.75, 3.05) is 12.3 Å². The molecule has 20 heavy (non-hydrogen) atoms. The van der Waals surface area contributed by atoms with Gasteiger partial charge in [0, 0.05) is 17.2 Å². The summed E-state index contributed by atoms with van der Waals surface area (Å²) in [5.41, 5.74) is 6.94. The van der Waals surface area contributed by atoms with Crippen molar-refractivity contribution in [3.8, 4) is 0 Å². The number of anilines is 1. The molecule has 4 nitrogen and oxygen atoms in total. The molecule has 0 fully saturated rings. The second-order valence-corrected chi connectivity index (χ2v) is 5.13. The van der Waals surface area contributed by atoms with Gasteiger partial charge in [-0.3, -0.25) is 4.79 Å². The maximum Gasteiger partial charge on any atom is 0.255 e. The van der Waals surface area contributed by atoms with Crippen LogP contribution in [0.2, 0.25) is 0 Å². The first kappa shape index (κ1) is 14.5. The molecule has 0 unspecified atom stereocenters. The van der Waals surface area contributed by atoms with Crippen molar-refractivity contribution >= 4 is 27.7 Å². The zero-order chi connectivity index (χ0) is 14.5. The minimum absolute atomic E-state index is 0.187. The number of benzene rings is 1. The number of aromatic nitrogens is 1. The fraction of sp³-hybridized carbons (Fsp3) is 0.143. The van der Waals surface area contributed by atoms with Crippen molar-refractivity contribution in [1.29, 1.82) is 0 Å². The number of nitrogens with zero attached hydrogens (tertiary/aromatic N) is 1.